The van der Waals surface area contributed by atoms with Gasteiger partial charge >= 0.3 is 0 Å². The number of hydrogen-bond acceptors (Lipinski definition) is 2. The van der Waals surface area contributed by atoms with Crippen LogP contribution in [0, 0.1) is 12.7 Å². The molecule has 1 rings (SSSR count). The van der Waals surface area contributed by atoms with Gasteiger partial charge in [-0.15, -0.1) is 24.0 Å². The van der Waals surface area contributed by atoms with Gasteiger partial charge in [0.1, 0.15) is 5.82 Å². The smallest absolute Gasteiger partial charge is 0.224 e. The topological polar surface area (TPSA) is 56.7 Å². The Balaban J connectivity index is 0.00000576. The van der Waals surface area contributed by atoms with Crippen molar-refractivity contribution in [2.24, 2.45) is 4.99 Å². The summed E-state index contributed by atoms with van der Waals surface area (Å²) in [5, 5.41) is 6.28. The molecule has 1 aromatic carbocycles. The fourth-order valence-corrected chi connectivity index (χ4v) is 2.27. The van der Waals surface area contributed by atoms with Crippen LogP contribution in [0.3, 0.4) is 0 Å². The quantitative estimate of drug-likeness (QED) is 0.353. The molecule has 0 fully saturated rings. The summed E-state index contributed by atoms with van der Waals surface area (Å²) in [5.74, 6) is 0.542. The number of aliphatic imine (C=N–C) groups is 1. The third-order valence-electron chi connectivity index (χ3n) is 3.75. The van der Waals surface area contributed by atoms with E-state index in [0.717, 1.165) is 25.2 Å². The molecular weight excluding hydrogens is 434 g/mol. The van der Waals surface area contributed by atoms with Gasteiger partial charge in [0.2, 0.25) is 5.91 Å². The van der Waals surface area contributed by atoms with Crippen molar-refractivity contribution in [1.29, 1.82) is 0 Å². The maximum atomic E-state index is 13.6. The molecule has 0 atom stereocenters. The first-order valence-electron chi connectivity index (χ1n) is 8.56. The molecule has 0 unspecified atom stereocenters. The molecule has 0 aliphatic rings. The van der Waals surface area contributed by atoms with Gasteiger partial charge in [-0.2, -0.15) is 0 Å². The van der Waals surface area contributed by atoms with Gasteiger partial charge < -0.3 is 15.5 Å². The Morgan fingerprint density at radius 2 is 1.88 bits per heavy atom. The highest BCUT2D eigenvalue weighted by atomic mass is 127. The van der Waals surface area contributed by atoms with E-state index in [1.54, 1.807) is 17.9 Å². The van der Waals surface area contributed by atoms with Gasteiger partial charge in [0.25, 0.3) is 0 Å². The highest BCUT2D eigenvalue weighted by Gasteiger charge is 2.09. The minimum absolute atomic E-state index is 0. The second-order valence-corrected chi connectivity index (χ2v) is 5.52. The van der Waals surface area contributed by atoms with Gasteiger partial charge in [-0.05, 0) is 44.9 Å². The van der Waals surface area contributed by atoms with E-state index < -0.39 is 0 Å². The first-order chi connectivity index (χ1) is 11.5. The largest absolute Gasteiger partial charge is 0.357 e. The highest BCUT2D eigenvalue weighted by molar-refractivity contribution is 14.0. The molecule has 0 heterocycles. The van der Waals surface area contributed by atoms with E-state index in [1.165, 1.54) is 6.07 Å². The monoisotopic (exact) mass is 464 g/mol. The Morgan fingerprint density at radius 1 is 1.20 bits per heavy atom. The Hall–Kier alpha value is -1.38. The molecule has 5 nitrogen and oxygen atoms in total. The van der Waals surface area contributed by atoms with E-state index in [2.05, 4.69) is 15.6 Å². The van der Waals surface area contributed by atoms with Crippen molar-refractivity contribution in [3.63, 3.8) is 0 Å². The molecule has 7 heteroatoms. The van der Waals surface area contributed by atoms with Crippen LogP contribution in [0.1, 0.15) is 38.3 Å². The number of nitrogens with one attached hydrogen (secondary N) is 2. The van der Waals surface area contributed by atoms with Crippen LogP contribution in [0.15, 0.2) is 23.2 Å². The number of aryl methyl sites for hydroxylation is 1. The summed E-state index contributed by atoms with van der Waals surface area (Å²) < 4.78 is 13.6. The van der Waals surface area contributed by atoms with Crippen LogP contribution in [-0.4, -0.2) is 42.9 Å². The summed E-state index contributed by atoms with van der Waals surface area (Å²) >= 11 is 0. The SMILES string of the molecule is CCNC(=NCc1ccc(C)c(F)c1)NCCC(=O)N(CC)CC.I. The first-order valence-corrected chi connectivity index (χ1v) is 8.56. The Bertz CT molecular complexity index is 562. The third-order valence-corrected chi connectivity index (χ3v) is 3.75. The van der Waals surface area contributed by atoms with E-state index in [1.807, 2.05) is 26.8 Å². The van der Waals surface area contributed by atoms with Crippen LogP contribution in [0.25, 0.3) is 0 Å². The van der Waals surface area contributed by atoms with Gasteiger partial charge in [-0.1, -0.05) is 12.1 Å². The molecule has 0 aliphatic heterocycles. The lowest BCUT2D eigenvalue weighted by atomic mass is 10.1. The number of benzene rings is 1. The molecule has 1 aromatic rings. The van der Waals surface area contributed by atoms with Crippen molar-refractivity contribution < 1.29 is 9.18 Å². The summed E-state index contributed by atoms with van der Waals surface area (Å²) in [6, 6.07) is 5.13. The zero-order valence-corrected chi connectivity index (χ0v) is 17.9. The van der Waals surface area contributed by atoms with E-state index in [4.69, 9.17) is 0 Å². The molecule has 0 bridgehead atoms. The molecule has 0 saturated heterocycles. The van der Waals surface area contributed by atoms with Crippen LogP contribution in [0.2, 0.25) is 0 Å². The predicted molar refractivity (Wildman–Crippen MR) is 112 cm³/mol. The molecule has 0 aromatic heterocycles. The number of carbonyl (C=O) groups is 1. The minimum Gasteiger partial charge on any atom is -0.357 e. The number of nitrogens with zero attached hydrogens (tertiary/aromatic N) is 2. The average Bonchev–Trinajstić information content (AvgIpc) is 2.56. The standard InChI is InChI=1S/C18H29FN4O.HI/c1-5-20-18(21-11-10-17(24)23(6-2)7-3)22-13-15-9-8-14(4)16(19)12-15;/h8-9,12H,5-7,10-11,13H2,1-4H3,(H2,20,21,22);1H. The lowest BCUT2D eigenvalue weighted by Crippen LogP contribution is -2.40. The van der Waals surface area contributed by atoms with Gasteiger partial charge in [0.15, 0.2) is 5.96 Å². The van der Waals surface area contributed by atoms with Crippen LogP contribution in [0.5, 0.6) is 0 Å². The van der Waals surface area contributed by atoms with E-state index in [-0.39, 0.29) is 35.7 Å². The van der Waals surface area contributed by atoms with Crippen molar-refractivity contribution in [3.05, 3.63) is 35.1 Å². The molecule has 0 aliphatic carbocycles. The Kier molecular flexibility index (Phi) is 12.2. The molecular formula is C18H30FIN4O. The summed E-state index contributed by atoms with van der Waals surface area (Å²) in [6.45, 7) is 10.7. The van der Waals surface area contributed by atoms with Crippen molar-refractivity contribution >= 4 is 35.8 Å². The number of rotatable bonds is 8. The van der Waals surface area contributed by atoms with E-state index in [9.17, 15) is 9.18 Å². The highest BCUT2D eigenvalue weighted by Crippen LogP contribution is 2.09. The maximum Gasteiger partial charge on any atom is 0.224 e. The number of halogens is 2. The van der Waals surface area contributed by atoms with Gasteiger partial charge in [0.05, 0.1) is 6.54 Å². The zero-order valence-electron chi connectivity index (χ0n) is 15.6. The van der Waals surface area contributed by atoms with Crippen LogP contribution in [0.4, 0.5) is 4.39 Å². The van der Waals surface area contributed by atoms with Crippen LogP contribution < -0.4 is 10.6 Å². The predicted octanol–water partition coefficient (Wildman–Crippen LogP) is 3.07. The molecule has 25 heavy (non-hydrogen) atoms. The lowest BCUT2D eigenvalue weighted by Gasteiger charge is -2.19. The first kappa shape index (κ1) is 23.6. The molecule has 0 spiro atoms. The number of guanidine groups is 1. The zero-order chi connectivity index (χ0) is 17.9. The van der Waals surface area contributed by atoms with Crippen molar-refractivity contribution in [2.75, 3.05) is 26.2 Å². The summed E-state index contributed by atoms with van der Waals surface area (Å²) in [7, 11) is 0. The molecule has 2 N–H and O–H groups in total. The van der Waals surface area contributed by atoms with E-state index in [0.29, 0.717) is 31.0 Å². The van der Waals surface area contributed by atoms with E-state index >= 15 is 0 Å². The van der Waals surface area contributed by atoms with Crippen LogP contribution >= 0.6 is 24.0 Å². The normalized spacial score (nSPS) is 10.8. The molecule has 0 saturated carbocycles. The summed E-state index contributed by atoms with van der Waals surface area (Å²) in [4.78, 5) is 18.2. The summed E-state index contributed by atoms with van der Waals surface area (Å²) in [6.07, 6.45) is 0.422. The fourth-order valence-electron chi connectivity index (χ4n) is 2.27. The number of carbonyl (C=O) groups excluding carboxylic acids is 1. The van der Waals surface area contributed by atoms with Gasteiger partial charge in [0, 0.05) is 32.6 Å². The molecule has 1 amide bonds. The third kappa shape index (κ3) is 8.51. The second kappa shape index (κ2) is 12.9. The average molecular weight is 464 g/mol. The minimum atomic E-state index is -0.217. The number of amides is 1. The maximum absolute atomic E-state index is 13.6. The fraction of sp³-hybridized carbons (Fsp3) is 0.556. The van der Waals surface area contributed by atoms with Crippen molar-refractivity contribution in [3.8, 4) is 0 Å². The van der Waals surface area contributed by atoms with Gasteiger partial charge in [-0.3, -0.25) is 4.79 Å². The Morgan fingerprint density at radius 3 is 2.44 bits per heavy atom. The molecule has 142 valence electrons. The lowest BCUT2D eigenvalue weighted by molar-refractivity contribution is -0.130. The van der Waals surface area contributed by atoms with Crippen molar-refractivity contribution in [2.45, 2.75) is 40.7 Å². The molecule has 0 radical (unpaired) electrons. The summed E-state index contributed by atoms with van der Waals surface area (Å²) in [5.41, 5.74) is 1.44. The van der Waals surface area contributed by atoms with Gasteiger partial charge in [-0.25, -0.2) is 9.38 Å². The number of hydrogen-bond donors (Lipinski definition) is 2. The van der Waals surface area contributed by atoms with Crippen molar-refractivity contribution in [1.82, 2.24) is 15.5 Å². The Labute approximate surface area is 167 Å². The second-order valence-electron chi connectivity index (χ2n) is 5.52. The van der Waals surface area contributed by atoms with Crippen LogP contribution in [-0.2, 0) is 11.3 Å².